The van der Waals surface area contributed by atoms with E-state index in [-0.39, 0.29) is 5.75 Å². The Morgan fingerprint density at radius 1 is 1.19 bits per heavy atom. The highest BCUT2D eigenvalue weighted by molar-refractivity contribution is 6.30. The fourth-order valence-electron chi connectivity index (χ4n) is 2.08. The lowest BCUT2D eigenvalue weighted by atomic mass is 10.2. The van der Waals surface area contributed by atoms with Crippen LogP contribution in [0.3, 0.4) is 0 Å². The van der Waals surface area contributed by atoms with Crippen LogP contribution >= 0.6 is 11.6 Å². The maximum absolute atomic E-state index is 13.8. The first-order valence-corrected chi connectivity index (χ1v) is 6.62. The summed E-state index contributed by atoms with van der Waals surface area (Å²) in [4.78, 5) is 0. The normalized spacial score (nSPS) is 11.1. The van der Waals surface area contributed by atoms with E-state index < -0.39 is 5.82 Å². The van der Waals surface area contributed by atoms with E-state index in [4.69, 9.17) is 16.3 Å². The molecule has 0 fully saturated rings. The van der Waals surface area contributed by atoms with Crippen LogP contribution in [0.5, 0.6) is 5.75 Å². The van der Waals surface area contributed by atoms with Gasteiger partial charge in [-0.15, -0.1) is 10.2 Å². The topological polar surface area (TPSA) is 52.3 Å². The van der Waals surface area contributed by atoms with Gasteiger partial charge in [0.2, 0.25) is 0 Å². The molecular weight excluding hydrogens is 295 g/mol. The van der Waals surface area contributed by atoms with Gasteiger partial charge in [0.15, 0.2) is 28.2 Å². The number of fused-ring (bicyclic) bond motifs is 1. The van der Waals surface area contributed by atoms with Gasteiger partial charge in [-0.1, -0.05) is 11.6 Å². The van der Waals surface area contributed by atoms with Crippen LogP contribution in [0, 0.1) is 19.7 Å². The fraction of sp³-hybridized carbons (Fsp3) is 0.214. The predicted molar refractivity (Wildman–Crippen MR) is 77.2 cm³/mol. The molecule has 3 aromatic rings. The second-order valence-corrected chi connectivity index (χ2v) is 5.01. The van der Waals surface area contributed by atoms with Crippen molar-refractivity contribution in [3.8, 4) is 17.1 Å². The van der Waals surface area contributed by atoms with Crippen LogP contribution in [0.1, 0.15) is 11.1 Å². The molecule has 2 heterocycles. The van der Waals surface area contributed by atoms with E-state index in [0.29, 0.717) is 22.2 Å². The summed E-state index contributed by atoms with van der Waals surface area (Å²) in [6.45, 7) is 3.76. The fourth-order valence-corrected chi connectivity index (χ4v) is 2.30. The number of hydrogen-bond donors (Lipinski definition) is 0. The Balaban J connectivity index is 2.24. The number of hydrogen-bond acceptors (Lipinski definition) is 4. The smallest absolute Gasteiger partial charge is 0.185 e. The van der Waals surface area contributed by atoms with Gasteiger partial charge in [-0.25, -0.2) is 4.39 Å². The molecule has 0 saturated heterocycles. The average molecular weight is 307 g/mol. The van der Waals surface area contributed by atoms with Crippen molar-refractivity contribution in [3.05, 3.63) is 40.3 Å². The number of benzene rings is 1. The number of halogens is 2. The molecule has 3 rings (SSSR count). The molecule has 108 valence electrons. The van der Waals surface area contributed by atoms with Crippen molar-refractivity contribution in [2.45, 2.75) is 13.8 Å². The zero-order chi connectivity index (χ0) is 15.1. The third-order valence-electron chi connectivity index (χ3n) is 3.45. The number of aryl methyl sites for hydroxylation is 1. The molecule has 2 aromatic heterocycles. The molecular formula is C14H12ClFN4O. The quantitative estimate of drug-likeness (QED) is 0.729. The van der Waals surface area contributed by atoms with Crippen molar-refractivity contribution >= 4 is 17.2 Å². The minimum Gasteiger partial charge on any atom is -0.494 e. The Hall–Kier alpha value is -2.21. The number of rotatable bonds is 2. The van der Waals surface area contributed by atoms with E-state index in [1.165, 1.54) is 23.8 Å². The van der Waals surface area contributed by atoms with E-state index in [1.54, 1.807) is 6.07 Å². The van der Waals surface area contributed by atoms with Crippen molar-refractivity contribution in [1.29, 1.82) is 0 Å². The van der Waals surface area contributed by atoms with Crippen molar-refractivity contribution in [2.24, 2.45) is 0 Å². The van der Waals surface area contributed by atoms with Gasteiger partial charge in [0, 0.05) is 11.1 Å². The van der Waals surface area contributed by atoms with Crippen LogP contribution in [0.2, 0.25) is 5.15 Å². The lowest BCUT2D eigenvalue weighted by Gasteiger charge is -2.06. The minimum absolute atomic E-state index is 0.172. The molecule has 5 nitrogen and oxygen atoms in total. The monoisotopic (exact) mass is 306 g/mol. The molecule has 0 aliphatic heterocycles. The summed E-state index contributed by atoms with van der Waals surface area (Å²) in [5, 5.41) is 12.8. The Bertz CT molecular complexity index is 847. The third-order valence-corrected chi connectivity index (χ3v) is 3.80. The molecule has 1 aromatic carbocycles. The lowest BCUT2D eigenvalue weighted by Crippen LogP contribution is -2.00. The van der Waals surface area contributed by atoms with Crippen LogP contribution in [-0.2, 0) is 0 Å². The van der Waals surface area contributed by atoms with Crippen LogP contribution in [0.25, 0.3) is 17.0 Å². The summed E-state index contributed by atoms with van der Waals surface area (Å²) in [5.41, 5.74) is 2.89. The van der Waals surface area contributed by atoms with Crippen molar-refractivity contribution < 1.29 is 9.13 Å². The van der Waals surface area contributed by atoms with Gasteiger partial charge in [-0.3, -0.25) is 0 Å². The standard InChI is InChI=1S/C14H12ClFN4O/c1-7-8(2)13-17-18-14(20(13)19-12(7)15)9-4-5-11(21-3)10(16)6-9/h4-6H,1-3H3. The zero-order valence-corrected chi connectivity index (χ0v) is 12.4. The first-order valence-electron chi connectivity index (χ1n) is 6.25. The third kappa shape index (κ3) is 2.12. The summed E-state index contributed by atoms with van der Waals surface area (Å²) in [6, 6.07) is 4.57. The number of methoxy groups -OCH3 is 1. The Morgan fingerprint density at radius 3 is 2.62 bits per heavy atom. The predicted octanol–water partition coefficient (Wildman–Crippen LogP) is 3.21. The van der Waals surface area contributed by atoms with Crippen LogP contribution in [0.15, 0.2) is 18.2 Å². The summed E-state index contributed by atoms with van der Waals surface area (Å²) in [7, 11) is 1.41. The molecule has 0 amide bonds. The van der Waals surface area contributed by atoms with Gasteiger partial charge in [0.05, 0.1) is 7.11 Å². The van der Waals surface area contributed by atoms with Gasteiger partial charge in [0.1, 0.15) is 0 Å². The highest BCUT2D eigenvalue weighted by Crippen LogP contribution is 2.26. The minimum atomic E-state index is -0.471. The maximum Gasteiger partial charge on any atom is 0.185 e. The first-order chi connectivity index (χ1) is 10.0. The van der Waals surface area contributed by atoms with E-state index >= 15 is 0 Å². The molecule has 0 aliphatic rings. The molecule has 0 unspecified atom stereocenters. The molecule has 7 heteroatoms. The summed E-state index contributed by atoms with van der Waals surface area (Å²) < 4.78 is 20.3. The second kappa shape index (κ2) is 4.96. The van der Waals surface area contributed by atoms with E-state index in [2.05, 4.69) is 15.3 Å². The Labute approximate surface area is 125 Å². The lowest BCUT2D eigenvalue weighted by molar-refractivity contribution is 0.386. The summed E-state index contributed by atoms with van der Waals surface area (Å²) in [6.07, 6.45) is 0. The zero-order valence-electron chi connectivity index (χ0n) is 11.7. The van der Waals surface area contributed by atoms with Gasteiger partial charge in [-0.05, 0) is 37.6 Å². The first kappa shape index (κ1) is 13.8. The molecule has 21 heavy (non-hydrogen) atoms. The van der Waals surface area contributed by atoms with Crippen molar-refractivity contribution in [3.63, 3.8) is 0 Å². The molecule has 0 bridgehead atoms. The largest absolute Gasteiger partial charge is 0.494 e. The molecule has 0 atom stereocenters. The second-order valence-electron chi connectivity index (χ2n) is 4.65. The highest BCUT2D eigenvalue weighted by Gasteiger charge is 2.16. The molecule has 0 saturated carbocycles. The van der Waals surface area contributed by atoms with Crippen LogP contribution in [0.4, 0.5) is 4.39 Å². The molecule has 0 aliphatic carbocycles. The van der Waals surface area contributed by atoms with Gasteiger partial charge >= 0.3 is 0 Å². The number of aromatic nitrogens is 4. The molecule has 0 radical (unpaired) electrons. The Morgan fingerprint density at radius 2 is 1.95 bits per heavy atom. The molecule has 0 spiro atoms. The van der Waals surface area contributed by atoms with Crippen molar-refractivity contribution in [1.82, 2.24) is 19.8 Å². The molecule has 0 N–H and O–H groups in total. The highest BCUT2D eigenvalue weighted by atomic mass is 35.5. The summed E-state index contributed by atoms with van der Waals surface area (Å²) >= 11 is 6.11. The Kier molecular flexibility index (Phi) is 3.25. The van der Waals surface area contributed by atoms with Crippen molar-refractivity contribution in [2.75, 3.05) is 7.11 Å². The SMILES string of the molecule is COc1ccc(-c2nnc3c(C)c(C)c(Cl)nn23)cc1F. The van der Waals surface area contributed by atoms with E-state index in [0.717, 1.165) is 11.1 Å². The average Bonchev–Trinajstić information content (AvgIpc) is 2.88. The van der Waals surface area contributed by atoms with E-state index in [1.807, 2.05) is 13.8 Å². The van der Waals surface area contributed by atoms with Crippen LogP contribution in [-0.4, -0.2) is 26.9 Å². The van der Waals surface area contributed by atoms with Crippen LogP contribution < -0.4 is 4.74 Å². The maximum atomic E-state index is 13.8. The van der Waals surface area contributed by atoms with E-state index in [9.17, 15) is 4.39 Å². The van der Waals surface area contributed by atoms with Gasteiger partial charge < -0.3 is 4.74 Å². The van der Waals surface area contributed by atoms with Gasteiger partial charge in [-0.2, -0.15) is 9.61 Å². The number of nitrogens with zero attached hydrogens (tertiary/aromatic N) is 4. The summed E-state index contributed by atoms with van der Waals surface area (Å²) in [5.74, 6) is 0.129. The van der Waals surface area contributed by atoms with Gasteiger partial charge in [0.25, 0.3) is 0 Å². The number of ether oxygens (including phenoxy) is 1.